The normalized spacial score (nSPS) is 13.4. The summed E-state index contributed by atoms with van der Waals surface area (Å²) in [7, 11) is 0. The first kappa shape index (κ1) is 37.9. The third-order valence-corrected chi connectivity index (χ3v) is 7.68. The van der Waals surface area contributed by atoms with Crippen molar-refractivity contribution in [3.05, 3.63) is 24.3 Å². The van der Waals surface area contributed by atoms with E-state index in [2.05, 4.69) is 31.3 Å². The fourth-order valence-corrected chi connectivity index (χ4v) is 4.98. The summed E-state index contributed by atoms with van der Waals surface area (Å²) >= 11 is 0. The minimum Gasteiger partial charge on any atom is -0.394 e. The average molecular weight is 550 g/mol. The van der Waals surface area contributed by atoms with Gasteiger partial charge in [0.05, 0.1) is 18.8 Å². The van der Waals surface area contributed by atoms with E-state index in [9.17, 15) is 15.0 Å². The summed E-state index contributed by atoms with van der Waals surface area (Å²) in [6.07, 6.45) is 38.3. The number of unbranched alkanes of at least 4 members (excludes halogenated alkanes) is 21. The smallest absolute Gasteiger partial charge is 0.220 e. The second-order valence-corrected chi connectivity index (χ2v) is 11.6. The standard InChI is InChI=1S/C35H67NO3/c1-3-5-7-9-11-13-15-16-17-18-19-20-21-22-24-26-28-30-34(38)33(32-37)36-35(39)31-29-27-25-23-14-12-10-8-6-4-2/h10,12,28,30,33-34,37-38H,3-9,11,13-27,29,31-32H2,1-2H3,(H,36,39)/b12-10-,30-28+. The van der Waals surface area contributed by atoms with Gasteiger partial charge in [-0.05, 0) is 38.5 Å². The molecule has 0 fully saturated rings. The number of carbonyl (C=O) groups is 1. The number of amides is 1. The van der Waals surface area contributed by atoms with Gasteiger partial charge in [0.2, 0.25) is 5.91 Å². The largest absolute Gasteiger partial charge is 0.394 e. The summed E-state index contributed by atoms with van der Waals surface area (Å²) in [5, 5.41) is 22.8. The van der Waals surface area contributed by atoms with E-state index in [-0.39, 0.29) is 12.5 Å². The van der Waals surface area contributed by atoms with Crippen molar-refractivity contribution in [2.75, 3.05) is 6.61 Å². The maximum atomic E-state index is 12.2. The van der Waals surface area contributed by atoms with Crippen molar-refractivity contribution in [1.29, 1.82) is 0 Å². The van der Waals surface area contributed by atoms with Gasteiger partial charge in [-0.3, -0.25) is 4.79 Å². The molecular weight excluding hydrogens is 482 g/mol. The third kappa shape index (κ3) is 28.2. The van der Waals surface area contributed by atoms with Crippen molar-refractivity contribution in [2.24, 2.45) is 0 Å². The predicted molar refractivity (Wildman–Crippen MR) is 170 cm³/mol. The number of hydrogen-bond donors (Lipinski definition) is 3. The van der Waals surface area contributed by atoms with E-state index in [4.69, 9.17) is 0 Å². The van der Waals surface area contributed by atoms with Gasteiger partial charge in [0.25, 0.3) is 0 Å². The SMILES string of the molecule is CCCC/C=C\CCCCCCC(=O)NC(CO)C(O)/C=C/CCCCCCCCCCCCCCCCC. The van der Waals surface area contributed by atoms with E-state index < -0.39 is 12.1 Å². The summed E-state index contributed by atoms with van der Waals surface area (Å²) in [6.45, 7) is 4.24. The lowest BCUT2D eigenvalue weighted by molar-refractivity contribution is -0.123. The minimum absolute atomic E-state index is 0.0802. The average Bonchev–Trinajstić information content (AvgIpc) is 2.94. The Morgan fingerprint density at radius 2 is 1.00 bits per heavy atom. The number of rotatable bonds is 30. The highest BCUT2D eigenvalue weighted by Crippen LogP contribution is 2.14. The molecule has 4 heteroatoms. The third-order valence-electron chi connectivity index (χ3n) is 7.68. The van der Waals surface area contributed by atoms with Crippen LogP contribution in [0.4, 0.5) is 0 Å². The Morgan fingerprint density at radius 1 is 0.590 bits per heavy atom. The molecular formula is C35H67NO3. The van der Waals surface area contributed by atoms with E-state index in [1.165, 1.54) is 116 Å². The molecule has 2 atom stereocenters. The number of aliphatic hydroxyl groups excluding tert-OH is 2. The highest BCUT2D eigenvalue weighted by molar-refractivity contribution is 5.76. The summed E-state index contributed by atoms with van der Waals surface area (Å²) in [5.74, 6) is -0.0802. The van der Waals surface area contributed by atoms with Crippen molar-refractivity contribution >= 4 is 5.91 Å². The Hall–Kier alpha value is -1.13. The minimum atomic E-state index is -0.838. The van der Waals surface area contributed by atoms with Crippen molar-refractivity contribution in [2.45, 2.75) is 187 Å². The fraction of sp³-hybridized carbons (Fsp3) is 0.857. The molecule has 0 saturated heterocycles. The predicted octanol–water partition coefficient (Wildman–Crippen LogP) is 9.73. The Balaban J connectivity index is 3.63. The zero-order valence-corrected chi connectivity index (χ0v) is 26.2. The highest BCUT2D eigenvalue weighted by Gasteiger charge is 2.17. The molecule has 0 aliphatic carbocycles. The molecule has 0 aromatic heterocycles. The van der Waals surface area contributed by atoms with Gasteiger partial charge in [0.15, 0.2) is 0 Å². The van der Waals surface area contributed by atoms with Crippen LogP contribution in [0.3, 0.4) is 0 Å². The second-order valence-electron chi connectivity index (χ2n) is 11.6. The zero-order valence-electron chi connectivity index (χ0n) is 26.2. The van der Waals surface area contributed by atoms with Gasteiger partial charge in [0.1, 0.15) is 0 Å². The Kier molecular flexibility index (Phi) is 30.5. The molecule has 1 amide bonds. The van der Waals surface area contributed by atoms with E-state index >= 15 is 0 Å². The molecule has 0 radical (unpaired) electrons. The molecule has 2 unspecified atom stereocenters. The quantitative estimate of drug-likeness (QED) is 0.0617. The van der Waals surface area contributed by atoms with Crippen LogP contribution < -0.4 is 5.32 Å². The summed E-state index contributed by atoms with van der Waals surface area (Å²) in [6, 6.07) is -0.622. The van der Waals surface area contributed by atoms with Crippen LogP contribution in [0.15, 0.2) is 24.3 Å². The molecule has 0 heterocycles. The first-order chi connectivity index (χ1) is 19.2. The molecule has 0 aliphatic heterocycles. The van der Waals surface area contributed by atoms with Crippen molar-refractivity contribution in [3.8, 4) is 0 Å². The Morgan fingerprint density at radius 3 is 1.49 bits per heavy atom. The van der Waals surface area contributed by atoms with Gasteiger partial charge >= 0.3 is 0 Å². The summed E-state index contributed by atoms with van der Waals surface area (Å²) < 4.78 is 0. The summed E-state index contributed by atoms with van der Waals surface area (Å²) in [5.41, 5.74) is 0. The van der Waals surface area contributed by atoms with Gasteiger partial charge in [0, 0.05) is 6.42 Å². The lowest BCUT2D eigenvalue weighted by Crippen LogP contribution is -2.45. The van der Waals surface area contributed by atoms with Crippen LogP contribution in [-0.4, -0.2) is 34.9 Å². The first-order valence-corrected chi connectivity index (χ1v) is 17.1. The van der Waals surface area contributed by atoms with Crippen LogP contribution in [0.25, 0.3) is 0 Å². The van der Waals surface area contributed by atoms with Gasteiger partial charge in [-0.1, -0.05) is 154 Å². The molecule has 0 aromatic rings. The Bertz CT molecular complexity index is 560. The highest BCUT2D eigenvalue weighted by atomic mass is 16.3. The molecule has 4 nitrogen and oxygen atoms in total. The van der Waals surface area contributed by atoms with E-state index in [1.807, 2.05) is 6.08 Å². The molecule has 39 heavy (non-hydrogen) atoms. The lowest BCUT2D eigenvalue weighted by Gasteiger charge is -2.20. The molecule has 0 aromatic carbocycles. The van der Waals surface area contributed by atoms with Crippen LogP contribution >= 0.6 is 0 Å². The molecule has 230 valence electrons. The van der Waals surface area contributed by atoms with Crippen LogP contribution in [0.2, 0.25) is 0 Å². The number of allylic oxidation sites excluding steroid dienone is 3. The van der Waals surface area contributed by atoms with Crippen LogP contribution in [-0.2, 0) is 4.79 Å². The topological polar surface area (TPSA) is 69.6 Å². The second kappa shape index (κ2) is 31.4. The van der Waals surface area contributed by atoms with Crippen molar-refractivity contribution in [1.82, 2.24) is 5.32 Å². The van der Waals surface area contributed by atoms with Gasteiger partial charge < -0.3 is 15.5 Å². The van der Waals surface area contributed by atoms with Crippen molar-refractivity contribution in [3.63, 3.8) is 0 Å². The van der Waals surface area contributed by atoms with Crippen LogP contribution in [0.5, 0.6) is 0 Å². The monoisotopic (exact) mass is 550 g/mol. The van der Waals surface area contributed by atoms with E-state index in [0.29, 0.717) is 6.42 Å². The van der Waals surface area contributed by atoms with Crippen LogP contribution in [0.1, 0.15) is 174 Å². The lowest BCUT2D eigenvalue weighted by atomic mass is 10.0. The molecule has 3 N–H and O–H groups in total. The zero-order chi connectivity index (χ0) is 28.7. The molecule has 0 spiro atoms. The fourth-order valence-electron chi connectivity index (χ4n) is 4.98. The molecule has 0 saturated carbocycles. The van der Waals surface area contributed by atoms with Gasteiger partial charge in [-0.2, -0.15) is 0 Å². The van der Waals surface area contributed by atoms with E-state index in [1.54, 1.807) is 6.08 Å². The van der Waals surface area contributed by atoms with Gasteiger partial charge in [-0.25, -0.2) is 0 Å². The molecule has 0 bridgehead atoms. The summed E-state index contributed by atoms with van der Waals surface area (Å²) in [4.78, 5) is 12.2. The van der Waals surface area contributed by atoms with Gasteiger partial charge in [-0.15, -0.1) is 0 Å². The number of aliphatic hydroxyl groups is 2. The Labute approximate surface area is 243 Å². The number of hydrogen-bond acceptors (Lipinski definition) is 3. The van der Waals surface area contributed by atoms with Crippen molar-refractivity contribution < 1.29 is 15.0 Å². The molecule has 0 aliphatic rings. The first-order valence-electron chi connectivity index (χ1n) is 17.1. The molecule has 0 rings (SSSR count). The number of nitrogens with one attached hydrogen (secondary N) is 1. The van der Waals surface area contributed by atoms with E-state index in [0.717, 1.165) is 38.5 Å². The maximum Gasteiger partial charge on any atom is 0.220 e. The maximum absolute atomic E-state index is 12.2. The van der Waals surface area contributed by atoms with Crippen LogP contribution in [0, 0.1) is 0 Å². The number of carbonyl (C=O) groups excluding carboxylic acids is 1.